The van der Waals surface area contributed by atoms with Gasteiger partial charge in [-0.05, 0) is 29.2 Å². The van der Waals surface area contributed by atoms with Gasteiger partial charge in [-0.25, -0.2) is 4.79 Å². The number of aromatic carboxylic acids is 1. The highest BCUT2D eigenvalue weighted by Gasteiger charge is 2.14. The van der Waals surface area contributed by atoms with Gasteiger partial charge in [0.2, 0.25) is 0 Å². The number of benzene rings is 2. The third-order valence-corrected chi connectivity index (χ3v) is 3.07. The van der Waals surface area contributed by atoms with Gasteiger partial charge in [0.1, 0.15) is 0 Å². The number of aryl methyl sites for hydroxylation is 1. The summed E-state index contributed by atoms with van der Waals surface area (Å²) in [6.45, 7) is 2.03. The van der Waals surface area contributed by atoms with Crippen LogP contribution in [0.1, 0.15) is 22.8 Å². The first-order valence-electron chi connectivity index (χ1n) is 6.13. The van der Waals surface area contributed by atoms with Gasteiger partial charge in [0, 0.05) is 12.1 Å². The van der Waals surface area contributed by atoms with Crippen molar-refractivity contribution in [3.8, 4) is 11.1 Å². The molecule has 5 nitrogen and oxygen atoms in total. The Morgan fingerprint density at radius 3 is 2.30 bits per heavy atom. The Bertz CT molecular complexity index is 630. The number of non-ortho nitro benzene ring substituents is 1. The molecular formula is C15H13NO4. The average Bonchev–Trinajstić information content (AvgIpc) is 2.46. The van der Waals surface area contributed by atoms with Crippen molar-refractivity contribution in [2.45, 2.75) is 13.3 Å². The molecule has 0 amide bonds. The summed E-state index contributed by atoms with van der Waals surface area (Å²) in [5.74, 6) is -1.18. The van der Waals surface area contributed by atoms with Crippen molar-refractivity contribution in [1.29, 1.82) is 0 Å². The summed E-state index contributed by atoms with van der Waals surface area (Å²) in [5, 5.41) is 19.9. The molecule has 2 aromatic rings. The Morgan fingerprint density at radius 2 is 1.80 bits per heavy atom. The number of nitro benzene ring substituents is 1. The minimum Gasteiger partial charge on any atom is -0.478 e. The van der Waals surface area contributed by atoms with Crippen LogP contribution in [0.5, 0.6) is 0 Å². The molecule has 1 N–H and O–H groups in total. The Labute approximate surface area is 115 Å². The zero-order valence-corrected chi connectivity index (χ0v) is 10.9. The first-order chi connectivity index (χ1) is 9.51. The maximum atomic E-state index is 11.0. The molecule has 0 saturated heterocycles. The van der Waals surface area contributed by atoms with E-state index >= 15 is 0 Å². The van der Waals surface area contributed by atoms with E-state index in [0.29, 0.717) is 5.56 Å². The molecule has 2 aromatic carbocycles. The molecule has 0 radical (unpaired) electrons. The summed E-state index contributed by atoms with van der Waals surface area (Å²) in [6, 6.07) is 11.4. The Balaban J connectivity index is 2.53. The zero-order chi connectivity index (χ0) is 14.7. The number of rotatable bonds is 4. The highest BCUT2D eigenvalue weighted by molar-refractivity contribution is 5.90. The van der Waals surface area contributed by atoms with Crippen LogP contribution in [0.15, 0.2) is 42.5 Å². The average molecular weight is 271 g/mol. The molecule has 2 rings (SSSR count). The van der Waals surface area contributed by atoms with Crippen molar-refractivity contribution in [2.24, 2.45) is 0 Å². The highest BCUT2D eigenvalue weighted by Crippen LogP contribution is 2.26. The lowest BCUT2D eigenvalue weighted by atomic mass is 10.0. The fraction of sp³-hybridized carbons (Fsp3) is 0.133. The van der Waals surface area contributed by atoms with Gasteiger partial charge in [0.25, 0.3) is 5.69 Å². The van der Waals surface area contributed by atoms with Crippen molar-refractivity contribution in [1.82, 2.24) is 0 Å². The van der Waals surface area contributed by atoms with Crippen molar-refractivity contribution >= 4 is 11.7 Å². The van der Waals surface area contributed by atoms with Gasteiger partial charge in [-0.1, -0.05) is 31.2 Å². The summed E-state index contributed by atoms with van der Waals surface area (Å²) < 4.78 is 0. The van der Waals surface area contributed by atoms with Gasteiger partial charge in [0.05, 0.1) is 10.5 Å². The van der Waals surface area contributed by atoms with Crippen LogP contribution in [0, 0.1) is 10.1 Å². The maximum absolute atomic E-state index is 11.0. The van der Waals surface area contributed by atoms with E-state index in [-0.39, 0.29) is 11.3 Å². The molecule has 102 valence electrons. The van der Waals surface area contributed by atoms with Crippen LogP contribution in [0.3, 0.4) is 0 Å². The Morgan fingerprint density at radius 1 is 1.15 bits per heavy atom. The normalized spacial score (nSPS) is 10.2. The first-order valence-corrected chi connectivity index (χ1v) is 6.13. The quantitative estimate of drug-likeness (QED) is 0.681. The number of hydrogen-bond acceptors (Lipinski definition) is 3. The fourth-order valence-electron chi connectivity index (χ4n) is 1.94. The van der Waals surface area contributed by atoms with Gasteiger partial charge >= 0.3 is 5.97 Å². The number of carboxylic acid groups (broad SMARTS) is 1. The summed E-state index contributed by atoms with van der Waals surface area (Å²) in [4.78, 5) is 21.3. The molecule has 0 spiro atoms. The zero-order valence-electron chi connectivity index (χ0n) is 10.9. The van der Waals surface area contributed by atoms with E-state index in [0.717, 1.165) is 23.6 Å². The fourth-order valence-corrected chi connectivity index (χ4v) is 1.94. The lowest BCUT2D eigenvalue weighted by Crippen LogP contribution is -1.99. The SMILES string of the molecule is CCc1ccc(-c2cc(C(=O)O)cc([N+](=O)[O-])c2)cc1. The summed E-state index contributed by atoms with van der Waals surface area (Å²) in [7, 11) is 0. The topological polar surface area (TPSA) is 80.4 Å². The van der Waals surface area contributed by atoms with Crippen LogP contribution in [0.4, 0.5) is 5.69 Å². The predicted molar refractivity (Wildman–Crippen MR) is 74.9 cm³/mol. The van der Waals surface area contributed by atoms with E-state index in [1.807, 2.05) is 31.2 Å². The minimum atomic E-state index is -1.18. The molecule has 0 aliphatic heterocycles. The van der Waals surface area contributed by atoms with E-state index in [9.17, 15) is 14.9 Å². The van der Waals surface area contributed by atoms with E-state index in [4.69, 9.17) is 5.11 Å². The van der Waals surface area contributed by atoms with Gasteiger partial charge < -0.3 is 5.11 Å². The summed E-state index contributed by atoms with van der Waals surface area (Å²) in [6.07, 6.45) is 0.898. The molecule has 20 heavy (non-hydrogen) atoms. The van der Waals surface area contributed by atoms with E-state index in [1.54, 1.807) is 0 Å². The van der Waals surface area contributed by atoms with Gasteiger partial charge in [-0.2, -0.15) is 0 Å². The molecule has 0 fully saturated rings. The lowest BCUT2D eigenvalue weighted by molar-refractivity contribution is -0.384. The molecule has 0 aliphatic carbocycles. The molecule has 0 aromatic heterocycles. The number of carboxylic acids is 1. The van der Waals surface area contributed by atoms with Gasteiger partial charge in [-0.15, -0.1) is 0 Å². The first kappa shape index (κ1) is 13.7. The number of nitrogens with zero attached hydrogens (tertiary/aromatic N) is 1. The van der Waals surface area contributed by atoms with E-state index in [1.165, 1.54) is 12.1 Å². The Hall–Kier alpha value is -2.69. The molecule has 0 heterocycles. The third-order valence-electron chi connectivity index (χ3n) is 3.07. The van der Waals surface area contributed by atoms with Crippen molar-refractivity contribution < 1.29 is 14.8 Å². The molecule has 0 bridgehead atoms. The second-order valence-corrected chi connectivity index (χ2v) is 4.38. The van der Waals surface area contributed by atoms with Crippen LogP contribution in [0.25, 0.3) is 11.1 Å². The number of nitro groups is 1. The van der Waals surface area contributed by atoms with Crippen LogP contribution in [-0.2, 0) is 6.42 Å². The van der Waals surface area contributed by atoms with Crippen LogP contribution in [-0.4, -0.2) is 16.0 Å². The lowest BCUT2D eigenvalue weighted by Gasteiger charge is -2.05. The monoisotopic (exact) mass is 271 g/mol. The van der Waals surface area contributed by atoms with Crippen molar-refractivity contribution in [3.63, 3.8) is 0 Å². The molecule has 0 atom stereocenters. The highest BCUT2D eigenvalue weighted by atomic mass is 16.6. The molecular weight excluding hydrogens is 258 g/mol. The molecule has 0 aliphatic rings. The molecule has 5 heteroatoms. The Kier molecular flexibility index (Phi) is 3.79. The van der Waals surface area contributed by atoms with E-state index < -0.39 is 10.9 Å². The second kappa shape index (κ2) is 5.52. The molecule has 0 saturated carbocycles. The van der Waals surface area contributed by atoms with Crippen LogP contribution < -0.4 is 0 Å². The van der Waals surface area contributed by atoms with Gasteiger partial charge in [-0.3, -0.25) is 10.1 Å². The standard InChI is InChI=1S/C15H13NO4/c1-2-10-3-5-11(6-4-10)12-7-13(15(17)18)9-14(8-12)16(19)20/h3-9H,2H2,1H3,(H,17,18). The van der Waals surface area contributed by atoms with Crippen LogP contribution in [0.2, 0.25) is 0 Å². The minimum absolute atomic E-state index is 0.0891. The number of hydrogen-bond donors (Lipinski definition) is 1. The van der Waals surface area contributed by atoms with E-state index in [2.05, 4.69) is 0 Å². The second-order valence-electron chi connectivity index (χ2n) is 4.38. The summed E-state index contributed by atoms with van der Waals surface area (Å²) in [5.41, 5.74) is 2.12. The van der Waals surface area contributed by atoms with Crippen molar-refractivity contribution in [2.75, 3.05) is 0 Å². The maximum Gasteiger partial charge on any atom is 0.335 e. The van der Waals surface area contributed by atoms with Crippen molar-refractivity contribution in [3.05, 3.63) is 63.7 Å². The largest absolute Gasteiger partial charge is 0.478 e. The number of carbonyl (C=O) groups is 1. The smallest absolute Gasteiger partial charge is 0.335 e. The van der Waals surface area contributed by atoms with Crippen LogP contribution >= 0.6 is 0 Å². The van der Waals surface area contributed by atoms with Gasteiger partial charge in [0.15, 0.2) is 0 Å². The molecule has 0 unspecified atom stereocenters. The summed E-state index contributed by atoms with van der Waals surface area (Å²) >= 11 is 0. The predicted octanol–water partition coefficient (Wildman–Crippen LogP) is 3.52. The third kappa shape index (κ3) is 2.83.